The standard InChI is InChI=1S/C22H28N2O3/c1-14-18(13-19(26)27)21(24-11-9-22(3,4)10-12-24)20(15(2)23-14)16-5-7-17(25)8-6-16/h5-8,25H,9-13H2,1-4H3,(H,26,27). The van der Waals surface area contributed by atoms with Crippen LogP contribution in [0.1, 0.15) is 43.6 Å². The van der Waals surface area contributed by atoms with Gasteiger partial charge in [0.15, 0.2) is 0 Å². The van der Waals surface area contributed by atoms with Crippen LogP contribution in [0.2, 0.25) is 0 Å². The predicted octanol–water partition coefficient (Wildman–Crippen LogP) is 4.32. The number of nitrogens with zero attached hydrogens (tertiary/aromatic N) is 2. The van der Waals surface area contributed by atoms with Gasteiger partial charge in [-0.1, -0.05) is 26.0 Å². The van der Waals surface area contributed by atoms with Gasteiger partial charge in [-0.05, 0) is 49.8 Å². The number of carbonyl (C=O) groups is 1. The van der Waals surface area contributed by atoms with E-state index in [1.54, 1.807) is 12.1 Å². The maximum absolute atomic E-state index is 11.6. The molecule has 5 nitrogen and oxygen atoms in total. The summed E-state index contributed by atoms with van der Waals surface area (Å²) in [7, 11) is 0. The van der Waals surface area contributed by atoms with Crippen LogP contribution in [0.5, 0.6) is 5.75 Å². The van der Waals surface area contributed by atoms with Crippen LogP contribution < -0.4 is 4.90 Å². The van der Waals surface area contributed by atoms with Crippen molar-refractivity contribution in [2.45, 2.75) is 47.0 Å². The molecule has 0 radical (unpaired) electrons. The van der Waals surface area contributed by atoms with Gasteiger partial charge >= 0.3 is 5.97 Å². The largest absolute Gasteiger partial charge is 0.508 e. The second kappa shape index (κ2) is 7.22. The van der Waals surface area contributed by atoms with E-state index in [4.69, 9.17) is 0 Å². The number of anilines is 1. The Morgan fingerprint density at radius 2 is 1.70 bits per heavy atom. The minimum atomic E-state index is -0.848. The van der Waals surface area contributed by atoms with Gasteiger partial charge in [0.2, 0.25) is 0 Å². The third-order valence-corrected chi connectivity index (χ3v) is 5.57. The highest BCUT2D eigenvalue weighted by Gasteiger charge is 2.30. The summed E-state index contributed by atoms with van der Waals surface area (Å²) >= 11 is 0. The fraction of sp³-hybridized carbons (Fsp3) is 0.455. The van der Waals surface area contributed by atoms with E-state index in [-0.39, 0.29) is 12.2 Å². The number of phenolic OH excluding ortho intramolecular Hbond substituents is 1. The van der Waals surface area contributed by atoms with Crippen molar-refractivity contribution in [3.05, 3.63) is 41.2 Å². The maximum Gasteiger partial charge on any atom is 0.307 e. The number of carboxylic acids is 1. The van der Waals surface area contributed by atoms with Gasteiger partial charge in [-0.3, -0.25) is 9.78 Å². The average molecular weight is 368 g/mol. The molecule has 1 fully saturated rings. The Labute approximate surface area is 160 Å². The highest BCUT2D eigenvalue weighted by molar-refractivity contribution is 5.86. The molecule has 5 heteroatoms. The van der Waals surface area contributed by atoms with E-state index in [0.717, 1.165) is 59.7 Å². The number of aromatic nitrogens is 1. The fourth-order valence-corrected chi connectivity index (χ4v) is 3.89. The average Bonchev–Trinajstić information content (AvgIpc) is 2.58. The molecule has 2 N–H and O–H groups in total. The van der Waals surface area contributed by atoms with Crippen molar-refractivity contribution in [2.24, 2.45) is 5.41 Å². The van der Waals surface area contributed by atoms with E-state index in [1.165, 1.54) is 0 Å². The Hall–Kier alpha value is -2.56. The van der Waals surface area contributed by atoms with Gasteiger partial charge in [-0.15, -0.1) is 0 Å². The van der Waals surface area contributed by atoms with Crippen LogP contribution in [-0.2, 0) is 11.2 Å². The summed E-state index contributed by atoms with van der Waals surface area (Å²) in [5.41, 5.74) is 5.66. The van der Waals surface area contributed by atoms with Gasteiger partial charge in [-0.2, -0.15) is 0 Å². The second-order valence-electron chi connectivity index (χ2n) is 8.25. The molecule has 1 saturated heterocycles. The lowest BCUT2D eigenvalue weighted by Crippen LogP contribution is -2.38. The maximum atomic E-state index is 11.6. The quantitative estimate of drug-likeness (QED) is 0.840. The van der Waals surface area contributed by atoms with Crippen molar-refractivity contribution in [1.29, 1.82) is 0 Å². The number of hydrogen-bond donors (Lipinski definition) is 2. The highest BCUT2D eigenvalue weighted by atomic mass is 16.4. The summed E-state index contributed by atoms with van der Waals surface area (Å²) in [4.78, 5) is 18.5. The number of aryl methyl sites for hydroxylation is 2. The van der Waals surface area contributed by atoms with Gasteiger partial charge in [0.25, 0.3) is 0 Å². The van der Waals surface area contributed by atoms with E-state index < -0.39 is 5.97 Å². The van der Waals surface area contributed by atoms with Crippen molar-refractivity contribution >= 4 is 11.7 Å². The molecule has 0 unspecified atom stereocenters. The van der Waals surface area contributed by atoms with Gasteiger partial charge in [0.1, 0.15) is 5.75 Å². The normalized spacial score (nSPS) is 16.4. The van der Waals surface area contributed by atoms with Crippen molar-refractivity contribution < 1.29 is 15.0 Å². The molecule has 1 aromatic heterocycles. The molecule has 27 heavy (non-hydrogen) atoms. The number of rotatable bonds is 4. The molecule has 0 aliphatic carbocycles. The number of hydrogen-bond acceptors (Lipinski definition) is 4. The minimum absolute atomic E-state index is 0.0422. The summed E-state index contributed by atoms with van der Waals surface area (Å²) in [6, 6.07) is 7.07. The van der Waals surface area contributed by atoms with Crippen LogP contribution in [0, 0.1) is 19.3 Å². The lowest BCUT2D eigenvalue weighted by molar-refractivity contribution is -0.136. The van der Waals surface area contributed by atoms with Gasteiger partial charge in [-0.25, -0.2) is 0 Å². The Bertz CT molecular complexity index is 847. The summed E-state index contributed by atoms with van der Waals surface area (Å²) < 4.78 is 0. The predicted molar refractivity (Wildman–Crippen MR) is 107 cm³/mol. The third-order valence-electron chi connectivity index (χ3n) is 5.57. The van der Waals surface area contributed by atoms with E-state index in [9.17, 15) is 15.0 Å². The van der Waals surface area contributed by atoms with Crippen LogP contribution >= 0.6 is 0 Å². The highest BCUT2D eigenvalue weighted by Crippen LogP contribution is 2.41. The monoisotopic (exact) mass is 368 g/mol. The molecule has 0 saturated carbocycles. The van der Waals surface area contributed by atoms with E-state index in [2.05, 4.69) is 23.7 Å². The number of aliphatic carboxylic acids is 1. The number of aromatic hydroxyl groups is 1. The first kappa shape index (κ1) is 19.2. The number of benzene rings is 1. The minimum Gasteiger partial charge on any atom is -0.508 e. The van der Waals surface area contributed by atoms with Crippen LogP contribution in [0.15, 0.2) is 24.3 Å². The van der Waals surface area contributed by atoms with Crippen LogP contribution in [0.3, 0.4) is 0 Å². The zero-order valence-electron chi connectivity index (χ0n) is 16.5. The molecule has 0 bridgehead atoms. The second-order valence-corrected chi connectivity index (χ2v) is 8.25. The number of piperidine rings is 1. The van der Waals surface area contributed by atoms with Crippen molar-refractivity contribution in [1.82, 2.24) is 4.98 Å². The smallest absolute Gasteiger partial charge is 0.307 e. The molecule has 3 rings (SSSR count). The first-order valence-electron chi connectivity index (χ1n) is 9.44. The SMILES string of the molecule is Cc1nc(C)c(-c2ccc(O)cc2)c(N2CCC(C)(C)CC2)c1CC(=O)O. The topological polar surface area (TPSA) is 73.7 Å². The fourth-order valence-electron chi connectivity index (χ4n) is 3.89. The Kier molecular flexibility index (Phi) is 5.13. The van der Waals surface area contributed by atoms with Crippen molar-refractivity contribution in [2.75, 3.05) is 18.0 Å². The molecule has 1 aliphatic rings. The van der Waals surface area contributed by atoms with Crippen LogP contribution in [0.4, 0.5) is 5.69 Å². The third kappa shape index (κ3) is 4.07. The molecular weight excluding hydrogens is 340 g/mol. The van der Waals surface area contributed by atoms with Crippen molar-refractivity contribution in [3.8, 4) is 16.9 Å². The van der Waals surface area contributed by atoms with E-state index >= 15 is 0 Å². The van der Waals surface area contributed by atoms with Crippen LogP contribution in [0.25, 0.3) is 11.1 Å². The molecule has 0 atom stereocenters. The molecular formula is C22H28N2O3. The number of carboxylic acid groups (broad SMARTS) is 1. The van der Waals surface area contributed by atoms with Gasteiger partial charge < -0.3 is 15.1 Å². The molecule has 1 aliphatic heterocycles. The lowest BCUT2D eigenvalue weighted by atomic mass is 9.82. The molecule has 0 amide bonds. The number of pyridine rings is 1. The number of phenols is 1. The van der Waals surface area contributed by atoms with Gasteiger partial charge in [0, 0.05) is 35.6 Å². The first-order valence-corrected chi connectivity index (χ1v) is 9.44. The first-order chi connectivity index (χ1) is 12.7. The zero-order chi connectivity index (χ0) is 19.8. The molecule has 2 heterocycles. The van der Waals surface area contributed by atoms with E-state index in [0.29, 0.717) is 5.41 Å². The van der Waals surface area contributed by atoms with Gasteiger partial charge in [0.05, 0.1) is 12.1 Å². The van der Waals surface area contributed by atoms with Crippen molar-refractivity contribution in [3.63, 3.8) is 0 Å². The summed E-state index contributed by atoms with van der Waals surface area (Å²) in [5.74, 6) is -0.637. The zero-order valence-corrected chi connectivity index (χ0v) is 16.5. The Morgan fingerprint density at radius 1 is 1.11 bits per heavy atom. The Balaban J connectivity index is 2.19. The molecule has 0 spiro atoms. The lowest BCUT2D eigenvalue weighted by Gasteiger charge is -2.40. The molecule has 144 valence electrons. The van der Waals surface area contributed by atoms with E-state index in [1.807, 2.05) is 26.0 Å². The molecule has 2 aromatic rings. The summed E-state index contributed by atoms with van der Waals surface area (Å²) in [6.45, 7) is 10.2. The Morgan fingerprint density at radius 3 is 2.26 bits per heavy atom. The molecule has 1 aromatic carbocycles. The van der Waals surface area contributed by atoms with Crippen LogP contribution in [-0.4, -0.2) is 34.3 Å². The summed E-state index contributed by atoms with van der Waals surface area (Å²) in [5, 5.41) is 19.1. The summed E-state index contributed by atoms with van der Waals surface area (Å²) in [6.07, 6.45) is 2.09.